The minimum absolute atomic E-state index is 0.710. The van der Waals surface area contributed by atoms with Crippen LogP contribution in [0.4, 0.5) is 11.4 Å². The molecule has 0 saturated carbocycles. The fourth-order valence-electron chi connectivity index (χ4n) is 3.65. The first-order valence-electron chi connectivity index (χ1n) is 9.90. The molecule has 31 heavy (non-hydrogen) atoms. The van der Waals surface area contributed by atoms with Crippen LogP contribution in [0.5, 0.6) is 11.5 Å². The molecule has 1 aromatic heterocycles. The standard InChI is InChI=1S/C26H20N2O3/c1-29-19-11-7-17(8-12-19)27-24-21-5-3-4-6-22(21)25(26-23(24)15-16-31-26)28-18-9-13-20(30-2)14-10-18/h3-16H,1-2H3. The largest absolute Gasteiger partial charge is 0.497 e. The third-order valence-corrected chi connectivity index (χ3v) is 5.20. The molecule has 0 radical (unpaired) electrons. The van der Waals surface area contributed by atoms with Crippen LogP contribution in [0.1, 0.15) is 22.5 Å². The second kappa shape index (κ2) is 7.95. The normalized spacial score (nSPS) is 14.9. The van der Waals surface area contributed by atoms with Crippen LogP contribution in [0, 0.1) is 0 Å². The van der Waals surface area contributed by atoms with Gasteiger partial charge in [0.25, 0.3) is 0 Å². The van der Waals surface area contributed by atoms with E-state index in [0.717, 1.165) is 51.0 Å². The van der Waals surface area contributed by atoms with E-state index in [1.54, 1.807) is 20.5 Å². The van der Waals surface area contributed by atoms with Crippen molar-refractivity contribution in [2.24, 2.45) is 9.98 Å². The molecule has 3 aromatic carbocycles. The predicted molar refractivity (Wildman–Crippen MR) is 122 cm³/mol. The Kier molecular flexibility index (Phi) is 4.84. The maximum absolute atomic E-state index is 5.89. The lowest BCUT2D eigenvalue weighted by atomic mass is 9.87. The van der Waals surface area contributed by atoms with Crippen molar-refractivity contribution in [3.05, 3.63) is 108 Å². The Morgan fingerprint density at radius 1 is 0.581 bits per heavy atom. The molecule has 1 heterocycles. The third-order valence-electron chi connectivity index (χ3n) is 5.20. The van der Waals surface area contributed by atoms with E-state index in [9.17, 15) is 0 Å². The third kappa shape index (κ3) is 3.51. The van der Waals surface area contributed by atoms with E-state index >= 15 is 0 Å². The van der Waals surface area contributed by atoms with Crippen LogP contribution in [0.15, 0.2) is 99.5 Å². The average Bonchev–Trinajstić information content (AvgIpc) is 3.32. The molecule has 0 fully saturated rings. The van der Waals surface area contributed by atoms with Crippen molar-refractivity contribution in [3.63, 3.8) is 0 Å². The fraction of sp³-hybridized carbons (Fsp3) is 0.0769. The number of hydrogen-bond acceptors (Lipinski definition) is 5. The Balaban J connectivity index is 1.65. The Morgan fingerprint density at radius 2 is 1.10 bits per heavy atom. The summed E-state index contributed by atoms with van der Waals surface area (Å²) < 4.78 is 16.4. The second-order valence-electron chi connectivity index (χ2n) is 7.03. The molecule has 0 saturated heterocycles. The second-order valence-corrected chi connectivity index (χ2v) is 7.03. The first-order valence-corrected chi connectivity index (χ1v) is 9.90. The topological polar surface area (TPSA) is 56.3 Å². The zero-order valence-electron chi connectivity index (χ0n) is 17.2. The van der Waals surface area contributed by atoms with Crippen LogP contribution in [0.3, 0.4) is 0 Å². The number of ether oxygens (including phenoxy) is 2. The smallest absolute Gasteiger partial charge is 0.162 e. The fourth-order valence-corrected chi connectivity index (χ4v) is 3.65. The molecule has 0 N–H and O–H groups in total. The summed E-state index contributed by atoms with van der Waals surface area (Å²) in [4.78, 5) is 9.85. The number of benzene rings is 3. The van der Waals surface area contributed by atoms with E-state index in [2.05, 4.69) is 6.07 Å². The molecule has 5 nitrogen and oxygen atoms in total. The van der Waals surface area contributed by atoms with E-state index in [-0.39, 0.29) is 0 Å². The summed E-state index contributed by atoms with van der Waals surface area (Å²) in [7, 11) is 3.30. The molecule has 1 aliphatic carbocycles. The van der Waals surface area contributed by atoms with E-state index in [4.69, 9.17) is 23.9 Å². The van der Waals surface area contributed by atoms with Crippen LogP contribution in [0.25, 0.3) is 0 Å². The molecule has 152 valence electrons. The van der Waals surface area contributed by atoms with E-state index in [1.165, 1.54) is 0 Å². The summed E-state index contributed by atoms with van der Waals surface area (Å²) in [6, 6.07) is 25.4. The minimum Gasteiger partial charge on any atom is -0.497 e. The summed E-state index contributed by atoms with van der Waals surface area (Å²) in [5.74, 6) is 2.30. The van der Waals surface area contributed by atoms with Crippen LogP contribution in [-0.4, -0.2) is 25.6 Å². The van der Waals surface area contributed by atoms with Crippen molar-refractivity contribution in [1.82, 2.24) is 0 Å². The highest BCUT2D eigenvalue weighted by atomic mass is 16.5. The first-order chi connectivity index (χ1) is 15.3. The van der Waals surface area contributed by atoms with Crippen LogP contribution in [0.2, 0.25) is 0 Å². The van der Waals surface area contributed by atoms with Gasteiger partial charge in [0.15, 0.2) is 5.76 Å². The van der Waals surface area contributed by atoms with Gasteiger partial charge in [-0.05, 0) is 54.6 Å². The zero-order valence-corrected chi connectivity index (χ0v) is 17.2. The van der Waals surface area contributed by atoms with Crippen molar-refractivity contribution >= 4 is 22.8 Å². The molecule has 5 heteroatoms. The average molecular weight is 408 g/mol. The molecule has 5 rings (SSSR count). The molecule has 0 atom stereocenters. The van der Waals surface area contributed by atoms with Crippen LogP contribution in [-0.2, 0) is 0 Å². The first kappa shape index (κ1) is 18.9. The molecule has 0 amide bonds. The number of nitrogens with zero attached hydrogens (tertiary/aromatic N) is 2. The number of fused-ring (bicyclic) bond motifs is 2. The molecule has 4 aromatic rings. The van der Waals surface area contributed by atoms with Crippen molar-refractivity contribution in [3.8, 4) is 11.5 Å². The molecule has 0 aliphatic heterocycles. The molecular weight excluding hydrogens is 388 g/mol. The maximum atomic E-state index is 5.89. The molecule has 0 bridgehead atoms. The lowest BCUT2D eigenvalue weighted by Crippen LogP contribution is -2.20. The van der Waals surface area contributed by atoms with Crippen molar-refractivity contribution in [1.29, 1.82) is 0 Å². The molecule has 0 spiro atoms. The quantitative estimate of drug-likeness (QED) is 0.369. The van der Waals surface area contributed by atoms with Gasteiger partial charge in [0.2, 0.25) is 0 Å². The number of methoxy groups -OCH3 is 2. The lowest BCUT2D eigenvalue weighted by Gasteiger charge is -2.19. The summed E-state index contributed by atoms with van der Waals surface area (Å²) in [6.07, 6.45) is 1.68. The van der Waals surface area contributed by atoms with Crippen LogP contribution < -0.4 is 9.47 Å². The molecular formula is C26H20N2O3. The molecule has 0 unspecified atom stereocenters. The Morgan fingerprint density at radius 3 is 1.65 bits per heavy atom. The highest BCUT2D eigenvalue weighted by molar-refractivity contribution is 6.31. The number of furan rings is 1. The lowest BCUT2D eigenvalue weighted by molar-refractivity contribution is 0.415. The van der Waals surface area contributed by atoms with Gasteiger partial charge in [0.1, 0.15) is 17.2 Å². The van der Waals surface area contributed by atoms with Crippen molar-refractivity contribution in [2.45, 2.75) is 0 Å². The van der Waals surface area contributed by atoms with Gasteiger partial charge >= 0.3 is 0 Å². The Hall–Kier alpha value is -4.12. The summed E-state index contributed by atoms with van der Waals surface area (Å²) >= 11 is 0. The van der Waals surface area contributed by atoms with Gasteiger partial charge < -0.3 is 13.9 Å². The van der Waals surface area contributed by atoms with Gasteiger partial charge in [0.05, 0.1) is 37.6 Å². The van der Waals surface area contributed by atoms with Gasteiger partial charge in [-0.25, -0.2) is 9.98 Å². The highest BCUT2D eigenvalue weighted by Gasteiger charge is 2.29. The Bertz CT molecular complexity index is 1180. The van der Waals surface area contributed by atoms with Crippen molar-refractivity contribution < 1.29 is 13.9 Å². The van der Waals surface area contributed by atoms with Gasteiger partial charge in [-0.2, -0.15) is 0 Å². The van der Waals surface area contributed by atoms with Gasteiger partial charge in [-0.1, -0.05) is 24.3 Å². The molecule has 1 aliphatic rings. The van der Waals surface area contributed by atoms with Gasteiger partial charge in [-0.3, -0.25) is 0 Å². The van der Waals surface area contributed by atoms with Crippen molar-refractivity contribution in [2.75, 3.05) is 14.2 Å². The van der Waals surface area contributed by atoms with Crippen LogP contribution >= 0.6 is 0 Å². The number of aliphatic imine (C=N–C) groups is 2. The number of hydrogen-bond donors (Lipinski definition) is 0. The van der Waals surface area contributed by atoms with Gasteiger partial charge in [-0.15, -0.1) is 0 Å². The predicted octanol–water partition coefficient (Wildman–Crippen LogP) is 5.95. The summed E-state index contributed by atoms with van der Waals surface area (Å²) in [5, 5.41) is 0. The van der Waals surface area contributed by atoms with Gasteiger partial charge in [0, 0.05) is 16.7 Å². The minimum atomic E-state index is 0.710. The Labute approximate surface area is 180 Å². The monoisotopic (exact) mass is 408 g/mol. The summed E-state index contributed by atoms with van der Waals surface area (Å²) in [5.41, 5.74) is 6.22. The van der Waals surface area contributed by atoms with E-state index in [0.29, 0.717) is 5.76 Å². The summed E-state index contributed by atoms with van der Waals surface area (Å²) in [6.45, 7) is 0. The van der Waals surface area contributed by atoms with E-state index < -0.39 is 0 Å². The number of rotatable bonds is 4. The maximum Gasteiger partial charge on any atom is 0.162 e. The zero-order chi connectivity index (χ0) is 21.2. The van der Waals surface area contributed by atoms with E-state index in [1.807, 2.05) is 72.8 Å². The highest BCUT2D eigenvalue weighted by Crippen LogP contribution is 2.33. The SMILES string of the molecule is COc1ccc(N=C2c3ccccc3C(=Nc3ccc(OC)cc3)c3occc32)cc1.